The lowest BCUT2D eigenvalue weighted by atomic mass is 10.1. The first-order valence-corrected chi connectivity index (χ1v) is 10.00. The number of piperazine rings is 1. The molecule has 2 heterocycles. The van der Waals surface area contributed by atoms with E-state index in [2.05, 4.69) is 47.3 Å². The van der Waals surface area contributed by atoms with Gasteiger partial charge in [-0.05, 0) is 38.7 Å². The normalized spacial score (nSPS) is 20.1. The van der Waals surface area contributed by atoms with E-state index >= 15 is 0 Å². The van der Waals surface area contributed by atoms with Gasteiger partial charge >= 0.3 is 0 Å². The van der Waals surface area contributed by atoms with Gasteiger partial charge in [0.15, 0.2) is 5.96 Å². The fraction of sp³-hybridized carbons (Fsp3) is 0.619. The number of ether oxygens (including phenoxy) is 1. The summed E-state index contributed by atoms with van der Waals surface area (Å²) in [7, 11) is 1.82. The van der Waals surface area contributed by atoms with Crippen molar-refractivity contribution in [3.63, 3.8) is 0 Å². The molecule has 1 amide bonds. The van der Waals surface area contributed by atoms with Gasteiger partial charge in [0.2, 0.25) is 0 Å². The van der Waals surface area contributed by atoms with Gasteiger partial charge in [0.25, 0.3) is 5.91 Å². The highest BCUT2D eigenvalue weighted by atomic mass is 127. The lowest BCUT2D eigenvalue weighted by Crippen LogP contribution is -2.55. The Morgan fingerprint density at radius 2 is 1.79 bits per heavy atom. The molecule has 0 saturated carbocycles. The summed E-state index contributed by atoms with van der Waals surface area (Å²) in [5.74, 6) is 1.08. The van der Waals surface area contributed by atoms with Gasteiger partial charge in [0.05, 0.1) is 0 Å². The molecule has 6 nitrogen and oxygen atoms in total. The Bertz CT molecular complexity index is 661. The molecule has 2 fully saturated rings. The number of nitrogens with one attached hydrogen (secondary N) is 1. The van der Waals surface area contributed by atoms with Gasteiger partial charge in [0, 0.05) is 46.4 Å². The van der Waals surface area contributed by atoms with Crippen LogP contribution in [-0.4, -0.2) is 74.1 Å². The lowest BCUT2D eigenvalue weighted by molar-refractivity contribution is -0.142. The molecule has 2 aliphatic heterocycles. The number of aliphatic imine (C=N–C) groups is 1. The average molecular weight is 500 g/mol. The SMILES string of the molecule is CN=C(NCCc1cc(C)cc(C)c1)N1CCN(C(=O)C2CCCO2)CC1.I. The molecule has 2 saturated heterocycles. The highest BCUT2D eigenvalue weighted by molar-refractivity contribution is 14.0. The smallest absolute Gasteiger partial charge is 0.251 e. The molecular formula is C21H33IN4O2. The summed E-state index contributed by atoms with van der Waals surface area (Å²) >= 11 is 0. The molecule has 28 heavy (non-hydrogen) atoms. The summed E-state index contributed by atoms with van der Waals surface area (Å²) in [6, 6.07) is 6.69. The minimum absolute atomic E-state index is 0. The van der Waals surface area contributed by atoms with Crippen molar-refractivity contribution in [2.45, 2.75) is 39.2 Å². The van der Waals surface area contributed by atoms with Crippen molar-refractivity contribution in [3.05, 3.63) is 34.9 Å². The van der Waals surface area contributed by atoms with Crippen LogP contribution in [0.3, 0.4) is 0 Å². The topological polar surface area (TPSA) is 57.2 Å². The van der Waals surface area contributed by atoms with Crippen LogP contribution in [-0.2, 0) is 16.0 Å². The largest absolute Gasteiger partial charge is 0.368 e. The van der Waals surface area contributed by atoms with E-state index in [-0.39, 0.29) is 36.0 Å². The minimum atomic E-state index is -0.216. The summed E-state index contributed by atoms with van der Waals surface area (Å²) in [5.41, 5.74) is 3.96. The maximum absolute atomic E-state index is 12.5. The second kappa shape index (κ2) is 11.0. The number of nitrogens with zero attached hydrogens (tertiary/aromatic N) is 3. The van der Waals surface area contributed by atoms with E-state index in [1.54, 1.807) is 0 Å². The zero-order valence-electron chi connectivity index (χ0n) is 17.2. The predicted octanol–water partition coefficient (Wildman–Crippen LogP) is 2.36. The molecule has 3 rings (SSSR count). The van der Waals surface area contributed by atoms with Crippen molar-refractivity contribution < 1.29 is 9.53 Å². The highest BCUT2D eigenvalue weighted by Crippen LogP contribution is 2.16. The van der Waals surface area contributed by atoms with E-state index < -0.39 is 0 Å². The molecule has 0 spiro atoms. The average Bonchev–Trinajstić information content (AvgIpc) is 3.19. The number of hydrogen-bond acceptors (Lipinski definition) is 3. The third kappa shape index (κ3) is 6.07. The van der Waals surface area contributed by atoms with E-state index in [1.807, 2.05) is 11.9 Å². The first-order chi connectivity index (χ1) is 13.1. The van der Waals surface area contributed by atoms with Crippen LogP contribution in [0.1, 0.15) is 29.5 Å². The van der Waals surface area contributed by atoms with Crippen LogP contribution in [0.15, 0.2) is 23.2 Å². The van der Waals surface area contributed by atoms with E-state index in [4.69, 9.17) is 4.74 Å². The van der Waals surface area contributed by atoms with Crippen molar-refractivity contribution in [3.8, 4) is 0 Å². The van der Waals surface area contributed by atoms with Crippen LogP contribution in [0.25, 0.3) is 0 Å². The molecule has 2 aliphatic rings. The molecule has 0 radical (unpaired) electrons. The molecule has 1 aromatic carbocycles. The Morgan fingerprint density at radius 3 is 2.36 bits per heavy atom. The maximum atomic E-state index is 12.5. The van der Waals surface area contributed by atoms with E-state index in [1.165, 1.54) is 16.7 Å². The maximum Gasteiger partial charge on any atom is 0.251 e. The molecule has 1 N–H and O–H groups in total. The van der Waals surface area contributed by atoms with Crippen molar-refractivity contribution in [2.24, 2.45) is 4.99 Å². The van der Waals surface area contributed by atoms with Crippen LogP contribution in [0.5, 0.6) is 0 Å². The van der Waals surface area contributed by atoms with Gasteiger partial charge in [0.1, 0.15) is 6.10 Å². The molecule has 0 aromatic heterocycles. The van der Waals surface area contributed by atoms with Crippen molar-refractivity contribution in [1.82, 2.24) is 15.1 Å². The molecule has 156 valence electrons. The first kappa shape index (κ1) is 22.9. The molecule has 1 aromatic rings. The minimum Gasteiger partial charge on any atom is -0.368 e. The fourth-order valence-corrected chi connectivity index (χ4v) is 3.98. The number of carbonyl (C=O) groups is 1. The Hall–Kier alpha value is -1.35. The van der Waals surface area contributed by atoms with Gasteiger partial charge in [-0.1, -0.05) is 29.3 Å². The zero-order chi connectivity index (χ0) is 19.2. The number of amides is 1. The Morgan fingerprint density at radius 1 is 1.14 bits per heavy atom. The van der Waals surface area contributed by atoms with Crippen LogP contribution in [0.2, 0.25) is 0 Å². The van der Waals surface area contributed by atoms with Gasteiger partial charge in [-0.15, -0.1) is 24.0 Å². The highest BCUT2D eigenvalue weighted by Gasteiger charge is 2.30. The number of guanidine groups is 1. The molecule has 0 aliphatic carbocycles. The molecular weight excluding hydrogens is 467 g/mol. The molecule has 7 heteroatoms. The van der Waals surface area contributed by atoms with Crippen LogP contribution in [0.4, 0.5) is 0 Å². The van der Waals surface area contributed by atoms with E-state index in [0.717, 1.165) is 57.9 Å². The van der Waals surface area contributed by atoms with E-state index in [0.29, 0.717) is 6.61 Å². The van der Waals surface area contributed by atoms with Crippen molar-refractivity contribution >= 4 is 35.8 Å². The number of hydrogen-bond donors (Lipinski definition) is 1. The second-order valence-corrected chi connectivity index (χ2v) is 7.53. The molecule has 0 bridgehead atoms. The van der Waals surface area contributed by atoms with Crippen molar-refractivity contribution in [2.75, 3.05) is 46.4 Å². The Balaban J connectivity index is 0.00000280. The second-order valence-electron chi connectivity index (χ2n) is 7.53. The van der Waals surface area contributed by atoms with Crippen LogP contribution >= 0.6 is 24.0 Å². The fourth-order valence-electron chi connectivity index (χ4n) is 3.98. The van der Waals surface area contributed by atoms with E-state index in [9.17, 15) is 4.79 Å². The van der Waals surface area contributed by atoms with Crippen molar-refractivity contribution in [1.29, 1.82) is 0 Å². The lowest BCUT2D eigenvalue weighted by Gasteiger charge is -2.37. The summed E-state index contributed by atoms with van der Waals surface area (Å²) in [6.45, 7) is 8.93. The number of halogens is 1. The predicted molar refractivity (Wildman–Crippen MR) is 124 cm³/mol. The van der Waals surface area contributed by atoms with Gasteiger partial charge in [-0.25, -0.2) is 0 Å². The monoisotopic (exact) mass is 500 g/mol. The van der Waals surface area contributed by atoms with Gasteiger partial charge in [-0.3, -0.25) is 9.79 Å². The summed E-state index contributed by atoms with van der Waals surface area (Å²) in [5, 5.41) is 3.47. The third-order valence-electron chi connectivity index (χ3n) is 5.29. The first-order valence-electron chi connectivity index (χ1n) is 10.00. The Labute approximate surface area is 185 Å². The van der Waals surface area contributed by atoms with Gasteiger partial charge < -0.3 is 19.9 Å². The number of aryl methyl sites for hydroxylation is 2. The van der Waals surface area contributed by atoms with Crippen LogP contribution < -0.4 is 5.32 Å². The summed E-state index contributed by atoms with van der Waals surface area (Å²) < 4.78 is 5.53. The van der Waals surface area contributed by atoms with Crippen LogP contribution in [0, 0.1) is 13.8 Å². The molecule has 1 unspecified atom stereocenters. The summed E-state index contributed by atoms with van der Waals surface area (Å²) in [6.07, 6.45) is 2.61. The molecule has 1 atom stereocenters. The number of benzene rings is 1. The third-order valence-corrected chi connectivity index (χ3v) is 5.29. The number of rotatable bonds is 4. The zero-order valence-corrected chi connectivity index (χ0v) is 19.6. The standard InChI is InChI=1S/C21H32N4O2.HI/c1-16-13-17(2)15-18(14-16)6-7-23-21(22-3)25-10-8-24(9-11-25)20(26)19-5-4-12-27-19;/h13-15,19H,4-12H2,1-3H3,(H,22,23);1H. The number of carbonyl (C=O) groups excluding carboxylic acids is 1. The summed E-state index contributed by atoms with van der Waals surface area (Å²) in [4.78, 5) is 21.1. The quantitative estimate of drug-likeness (QED) is 0.392. The van der Waals surface area contributed by atoms with Gasteiger partial charge in [-0.2, -0.15) is 0 Å². The Kier molecular flexibility index (Phi) is 9.01.